The normalized spacial score (nSPS) is 42.4. The number of benzene rings is 1. The molecular weight excluding hydrogens is 344 g/mol. The Labute approximate surface area is 169 Å². The second-order valence-corrected chi connectivity index (χ2v) is 11.0. The molecule has 7 rings (SSSR count). The lowest BCUT2D eigenvalue weighted by atomic mass is 9.65. The molecule has 2 spiro atoms. The molecule has 5 fully saturated rings. The molecule has 1 unspecified atom stereocenters. The van der Waals surface area contributed by atoms with Gasteiger partial charge in [-0.15, -0.1) is 0 Å². The van der Waals surface area contributed by atoms with E-state index in [9.17, 15) is 4.79 Å². The predicted octanol–water partition coefficient (Wildman–Crippen LogP) is 4.43. The fourth-order valence-corrected chi connectivity index (χ4v) is 8.06. The van der Waals surface area contributed by atoms with Gasteiger partial charge in [0.25, 0.3) is 0 Å². The Bertz CT molecular complexity index is 841. The highest BCUT2D eigenvalue weighted by Crippen LogP contribution is 2.76. The van der Waals surface area contributed by atoms with Crippen LogP contribution in [-0.4, -0.2) is 29.9 Å². The Morgan fingerprint density at radius 2 is 1.86 bits per heavy atom. The lowest BCUT2D eigenvalue weighted by Gasteiger charge is -2.53. The first kappa shape index (κ1) is 16.4. The van der Waals surface area contributed by atoms with Crippen molar-refractivity contribution in [3.63, 3.8) is 0 Å². The van der Waals surface area contributed by atoms with Crippen molar-refractivity contribution in [3.05, 3.63) is 35.4 Å². The number of rotatable bonds is 3. The molecular formula is C25H34N2O. The van der Waals surface area contributed by atoms with E-state index < -0.39 is 0 Å². The van der Waals surface area contributed by atoms with Crippen LogP contribution in [0.4, 0.5) is 0 Å². The molecule has 1 amide bonds. The van der Waals surface area contributed by atoms with Crippen LogP contribution in [-0.2, 0) is 10.2 Å². The molecule has 3 nitrogen and oxygen atoms in total. The van der Waals surface area contributed by atoms with Crippen LogP contribution in [0.25, 0.3) is 0 Å². The molecule has 0 aromatic heterocycles. The number of fused-ring (bicyclic) bond motifs is 2. The van der Waals surface area contributed by atoms with Gasteiger partial charge in [-0.2, -0.15) is 0 Å². The van der Waals surface area contributed by atoms with Gasteiger partial charge in [-0.1, -0.05) is 24.3 Å². The summed E-state index contributed by atoms with van der Waals surface area (Å²) in [4.78, 5) is 15.3. The first-order valence-corrected chi connectivity index (χ1v) is 11.8. The summed E-state index contributed by atoms with van der Waals surface area (Å²) in [5.41, 5.74) is 4.08. The van der Waals surface area contributed by atoms with E-state index in [4.69, 9.17) is 0 Å². The molecule has 1 aromatic rings. The minimum Gasteiger partial charge on any atom is -0.349 e. The molecule has 28 heavy (non-hydrogen) atoms. The van der Waals surface area contributed by atoms with Crippen LogP contribution >= 0.6 is 0 Å². The monoisotopic (exact) mass is 378 g/mol. The van der Waals surface area contributed by atoms with Crippen LogP contribution in [0.1, 0.15) is 76.4 Å². The van der Waals surface area contributed by atoms with Crippen LogP contribution in [0.5, 0.6) is 0 Å². The smallest absolute Gasteiger partial charge is 0.223 e. The molecule has 5 atom stereocenters. The van der Waals surface area contributed by atoms with Crippen molar-refractivity contribution < 1.29 is 6.22 Å². The molecule has 1 N–H and O–H groups in total. The summed E-state index contributed by atoms with van der Waals surface area (Å²) in [6.45, 7) is 2.53. The largest absolute Gasteiger partial charge is 0.349 e. The maximum atomic E-state index is 12.5. The second-order valence-electron chi connectivity index (χ2n) is 11.0. The van der Waals surface area contributed by atoms with Crippen LogP contribution in [0.15, 0.2) is 24.3 Å². The van der Waals surface area contributed by atoms with Crippen molar-refractivity contribution >= 4 is 5.91 Å². The predicted molar refractivity (Wildman–Crippen MR) is 111 cm³/mol. The van der Waals surface area contributed by atoms with E-state index in [0.717, 1.165) is 42.6 Å². The van der Waals surface area contributed by atoms with Crippen molar-refractivity contribution in [2.75, 3.05) is 13.1 Å². The quantitative estimate of drug-likeness (QED) is 0.844. The highest BCUT2D eigenvalue weighted by molar-refractivity contribution is 5.81. The fraction of sp³-hybridized carbons (Fsp3) is 0.720. The zero-order valence-corrected chi connectivity index (χ0v) is 16.8. The summed E-state index contributed by atoms with van der Waals surface area (Å²) in [5.74, 6) is 2.75. The lowest BCUT2D eigenvalue weighted by Crippen LogP contribution is -2.56. The number of likely N-dealkylation sites (tertiary alicyclic amines) is 1. The molecule has 150 valence electrons. The van der Waals surface area contributed by atoms with Crippen molar-refractivity contribution in [1.82, 2.24) is 10.2 Å². The van der Waals surface area contributed by atoms with Gasteiger partial charge >= 0.3 is 0 Å². The Balaban J connectivity index is 0.00000165. The minimum atomic E-state index is 0. The van der Waals surface area contributed by atoms with Gasteiger partial charge in [0.05, 0.1) is 6.04 Å². The third kappa shape index (κ3) is 2.12. The zero-order chi connectivity index (χ0) is 18.5. The average molecular weight is 379 g/mol. The number of hydrogen-bond acceptors (Lipinski definition) is 2. The van der Waals surface area contributed by atoms with Crippen molar-refractivity contribution in [2.45, 2.75) is 75.3 Å². The summed E-state index contributed by atoms with van der Waals surface area (Å²) in [6.07, 6.45) is 11.9. The molecule has 1 aliphatic heterocycles. The van der Waals surface area contributed by atoms with Crippen LogP contribution in [0.2, 0.25) is 0 Å². The van der Waals surface area contributed by atoms with Crippen LogP contribution in [0.3, 0.4) is 0 Å². The van der Waals surface area contributed by atoms with Gasteiger partial charge in [-0.05, 0) is 99.3 Å². The molecule has 1 heterocycles. The van der Waals surface area contributed by atoms with E-state index in [2.05, 4.69) is 34.5 Å². The molecule has 1 saturated heterocycles. The number of hydrogen-bond donors (Lipinski definition) is 1. The number of carbonyl (C=O) groups is 1. The number of amides is 1. The van der Waals surface area contributed by atoms with Crippen molar-refractivity contribution in [3.8, 4) is 0 Å². The van der Waals surface area contributed by atoms with Gasteiger partial charge in [0.15, 0.2) is 0 Å². The molecule has 5 aliphatic carbocycles. The molecule has 0 radical (unpaired) electrons. The maximum Gasteiger partial charge on any atom is 0.223 e. The summed E-state index contributed by atoms with van der Waals surface area (Å²) in [5, 5.41) is 3.41. The number of piperidine rings is 1. The van der Waals surface area contributed by atoms with E-state index in [1.807, 2.05) is 0 Å². The summed E-state index contributed by atoms with van der Waals surface area (Å²) < 4.78 is 0. The van der Waals surface area contributed by atoms with Gasteiger partial charge in [0.1, 0.15) is 0 Å². The molecule has 3 heteroatoms. The first-order valence-electron chi connectivity index (χ1n) is 11.8. The SMILES string of the molecule is O=C(N[C@H]1CC2(CCN([C@@H]3CC45C[C@H]4CC[C@@H]35)CC2)c2ccccc21)C1CC1.[HH]. The first-order chi connectivity index (χ1) is 13.7. The van der Waals surface area contributed by atoms with E-state index in [-0.39, 0.29) is 7.47 Å². The number of carbonyl (C=O) groups excluding carboxylic acids is 1. The number of nitrogens with one attached hydrogen (secondary N) is 1. The molecule has 0 bridgehead atoms. The topological polar surface area (TPSA) is 32.3 Å². The average Bonchev–Trinajstić information content (AvgIpc) is 3.61. The van der Waals surface area contributed by atoms with Crippen LogP contribution in [0, 0.1) is 23.2 Å². The zero-order valence-electron chi connectivity index (χ0n) is 16.8. The van der Waals surface area contributed by atoms with Crippen LogP contribution < -0.4 is 5.32 Å². The Hall–Kier alpha value is -1.35. The summed E-state index contributed by atoms with van der Waals surface area (Å²) >= 11 is 0. The van der Waals surface area contributed by atoms with E-state index in [1.54, 1.807) is 12.0 Å². The van der Waals surface area contributed by atoms with Crippen molar-refractivity contribution in [1.29, 1.82) is 0 Å². The Morgan fingerprint density at radius 3 is 2.61 bits per heavy atom. The van der Waals surface area contributed by atoms with Gasteiger partial charge in [-0.3, -0.25) is 4.79 Å². The fourth-order valence-electron chi connectivity index (χ4n) is 8.06. The number of nitrogens with zero attached hydrogens (tertiary/aromatic N) is 1. The highest BCUT2D eigenvalue weighted by Gasteiger charge is 2.71. The standard InChI is InChI=1S/C25H32N2O.H2/c28-23(16-5-6-16)26-21-14-24(19-4-2-1-3-18(19)21)9-11-27(12-10-24)22-15-25-13-17(25)7-8-20(22)25;/h1-4,16-17,20-22H,5-15H2,(H,26,28);1H/t17-,20+,21+,22-,25?;/m1./s1. The minimum absolute atomic E-state index is 0. The molecule has 4 saturated carbocycles. The van der Waals surface area contributed by atoms with E-state index in [1.165, 1.54) is 50.8 Å². The van der Waals surface area contributed by atoms with Gasteiger partial charge < -0.3 is 10.2 Å². The Morgan fingerprint density at radius 1 is 1.04 bits per heavy atom. The van der Waals surface area contributed by atoms with Gasteiger partial charge in [0, 0.05) is 18.8 Å². The second kappa shape index (κ2) is 5.41. The molecule has 1 aromatic carbocycles. The van der Waals surface area contributed by atoms with E-state index in [0.29, 0.717) is 17.2 Å². The summed E-state index contributed by atoms with van der Waals surface area (Å²) in [6, 6.07) is 10.1. The summed E-state index contributed by atoms with van der Waals surface area (Å²) in [7, 11) is 0. The Kier molecular flexibility index (Phi) is 3.18. The van der Waals surface area contributed by atoms with E-state index >= 15 is 0 Å². The molecule has 6 aliphatic rings. The maximum absolute atomic E-state index is 12.5. The third-order valence-electron chi connectivity index (χ3n) is 9.89. The third-order valence-corrected chi connectivity index (χ3v) is 9.89. The highest BCUT2D eigenvalue weighted by atomic mass is 16.2. The van der Waals surface area contributed by atoms with Crippen molar-refractivity contribution in [2.24, 2.45) is 23.2 Å². The lowest BCUT2D eigenvalue weighted by molar-refractivity contribution is -0.123. The van der Waals surface area contributed by atoms with Gasteiger partial charge in [-0.25, -0.2) is 0 Å². The van der Waals surface area contributed by atoms with Gasteiger partial charge in [0.2, 0.25) is 5.91 Å².